The van der Waals surface area contributed by atoms with Crippen molar-refractivity contribution in [3.05, 3.63) is 58.1 Å². The van der Waals surface area contributed by atoms with E-state index in [1.165, 1.54) is 6.07 Å². The van der Waals surface area contributed by atoms with Crippen molar-refractivity contribution < 1.29 is 9.90 Å². The van der Waals surface area contributed by atoms with Crippen molar-refractivity contribution in [2.24, 2.45) is 0 Å². The average Bonchev–Trinajstić information content (AvgIpc) is 2.35. The second-order valence-corrected chi connectivity index (χ2v) is 4.88. The highest BCUT2D eigenvalue weighted by Gasteiger charge is 2.07. The van der Waals surface area contributed by atoms with Crippen molar-refractivity contribution in [1.29, 1.82) is 0 Å². The summed E-state index contributed by atoms with van der Waals surface area (Å²) in [5.74, 6) is -0.00406. The number of hydrogen-bond donors (Lipinski definition) is 2. The van der Waals surface area contributed by atoms with Gasteiger partial charge < -0.3 is 10.4 Å². The van der Waals surface area contributed by atoms with Crippen LogP contribution in [-0.2, 0) is 0 Å². The maximum Gasteiger partial charge on any atom is 0.255 e. The summed E-state index contributed by atoms with van der Waals surface area (Å²) in [6.07, 6.45) is 0. The molecule has 18 heavy (non-hydrogen) atoms. The quantitative estimate of drug-likeness (QED) is 0.888. The predicted molar refractivity (Wildman–Crippen MR) is 74.9 cm³/mol. The summed E-state index contributed by atoms with van der Waals surface area (Å²) in [6, 6.07) is 12.1. The number of phenols is 1. The van der Waals surface area contributed by atoms with E-state index in [9.17, 15) is 9.90 Å². The van der Waals surface area contributed by atoms with E-state index >= 15 is 0 Å². The second-order valence-electron chi connectivity index (χ2n) is 3.96. The van der Waals surface area contributed by atoms with Gasteiger partial charge in [0.2, 0.25) is 0 Å². The fraction of sp³-hybridized carbons (Fsp3) is 0.0714. The van der Waals surface area contributed by atoms with E-state index < -0.39 is 0 Å². The number of benzene rings is 2. The lowest BCUT2D eigenvalue weighted by atomic mass is 10.1. The van der Waals surface area contributed by atoms with Crippen molar-refractivity contribution >= 4 is 27.5 Å². The molecular weight excluding hydrogens is 294 g/mol. The zero-order chi connectivity index (χ0) is 13.1. The highest BCUT2D eigenvalue weighted by molar-refractivity contribution is 9.10. The van der Waals surface area contributed by atoms with Gasteiger partial charge in [-0.05, 0) is 55.0 Å². The summed E-state index contributed by atoms with van der Waals surface area (Å²) >= 11 is 3.33. The highest BCUT2D eigenvalue weighted by Crippen LogP contribution is 2.19. The molecule has 2 N–H and O–H groups in total. The van der Waals surface area contributed by atoms with Gasteiger partial charge in [0.25, 0.3) is 5.91 Å². The first-order chi connectivity index (χ1) is 8.56. The molecule has 0 radical (unpaired) electrons. The summed E-state index contributed by atoms with van der Waals surface area (Å²) in [5.41, 5.74) is 1.93. The van der Waals surface area contributed by atoms with Crippen LogP contribution in [0.4, 0.5) is 5.69 Å². The van der Waals surface area contributed by atoms with Gasteiger partial charge in [-0.2, -0.15) is 0 Å². The molecule has 0 saturated heterocycles. The van der Waals surface area contributed by atoms with E-state index in [1.807, 2.05) is 24.3 Å². The van der Waals surface area contributed by atoms with Crippen LogP contribution in [0.2, 0.25) is 0 Å². The van der Waals surface area contributed by atoms with Gasteiger partial charge in [-0.25, -0.2) is 0 Å². The molecule has 0 saturated carbocycles. The van der Waals surface area contributed by atoms with Gasteiger partial charge in [-0.15, -0.1) is 0 Å². The van der Waals surface area contributed by atoms with Gasteiger partial charge in [0.1, 0.15) is 5.75 Å². The van der Waals surface area contributed by atoms with Crippen LogP contribution in [0.5, 0.6) is 5.75 Å². The first-order valence-electron chi connectivity index (χ1n) is 5.43. The fourth-order valence-electron chi connectivity index (χ4n) is 1.53. The van der Waals surface area contributed by atoms with Crippen LogP contribution in [0, 0.1) is 6.92 Å². The average molecular weight is 306 g/mol. The Morgan fingerprint density at radius 2 is 1.83 bits per heavy atom. The van der Waals surface area contributed by atoms with E-state index in [-0.39, 0.29) is 11.7 Å². The van der Waals surface area contributed by atoms with Crippen molar-refractivity contribution in [2.45, 2.75) is 6.92 Å². The molecule has 0 bridgehead atoms. The third-order valence-corrected chi connectivity index (χ3v) is 3.09. The SMILES string of the molecule is Cc1cc(C(=O)Nc2ccc(Br)cc2)ccc1O. The molecule has 0 unspecified atom stereocenters. The molecule has 2 aromatic carbocycles. The molecular formula is C14H12BrNO2. The van der Waals surface area contributed by atoms with E-state index in [4.69, 9.17) is 0 Å². The number of carbonyl (C=O) groups excluding carboxylic acids is 1. The second kappa shape index (κ2) is 5.23. The first kappa shape index (κ1) is 12.6. The van der Waals surface area contributed by atoms with Crippen LogP contribution >= 0.6 is 15.9 Å². The molecule has 92 valence electrons. The van der Waals surface area contributed by atoms with Crippen molar-refractivity contribution in [1.82, 2.24) is 0 Å². The zero-order valence-electron chi connectivity index (χ0n) is 9.77. The summed E-state index contributed by atoms with van der Waals surface area (Å²) < 4.78 is 0.959. The van der Waals surface area contributed by atoms with Crippen LogP contribution in [0.15, 0.2) is 46.9 Å². The van der Waals surface area contributed by atoms with Gasteiger partial charge in [0.05, 0.1) is 0 Å². The van der Waals surface area contributed by atoms with Gasteiger partial charge in [0.15, 0.2) is 0 Å². The number of rotatable bonds is 2. The topological polar surface area (TPSA) is 49.3 Å². The molecule has 1 amide bonds. The molecule has 2 aromatic rings. The van der Waals surface area contributed by atoms with E-state index in [0.29, 0.717) is 11.1 Å². The lowest BCUT2D eigenvalue weighted by Crippen LogP contribution is -2.11. The van der Waals surface area contributed by atoms with Gasteiger partial charge in [0, 0.05) is 15.7 Å². The summed E-state index contributed by atoms with van der Waals surface area (Å²) in [5, 5.41) is 12.2. The molecule has 0 aliphatic rings. The smallest absolute Gasteiger partial charge is 0.255 e. The summed E-state index contributed by atoms with van der Waals surface area (Å²) in [7, 11) is 0. The molecule has 0 aliphatic heterocycles. The van der Waals surface area contributed by atoms with Crippen LogP contribution in [0.3, 0.4) is 0 Å². The molecule has 0 spiro atoms. The van der Waals surface area contributed by atoms with E-state index in [1.54, 1.807) is 19.1 Å². The third-order valence-electron chi connectivity index (χ3n) is 2.56. The number of halogens is 1. The monoisotopic (exact) mass is 305 g/mol. The minimum Gasteiger partial charge on any atom is -0.508 e. The van der Waals surface area contributed by atoms with Crippen LogP contribution in [0.1, 0.15) is 15.9 Å². The molecule has 0 aromatic heterocycles. The Kier molecular flexibility index (Phi) is 3.67. The number of aromatic hydroxyl groups is 1. The molecule has 3 nitrogen and oxygen atoms in total. The van der Waals surface area contributed by atoms with Gasteiger partial charge >= 0.3 is 0 Å². The molecule has 0 fully saturated rings. The molecule has 0 atom stereocenters. The number of phenolic OH excluding ortho intramolecular Hbond substituents is 1. The number of amides is 1. The Labute approximate surface area is 114 Å². The normalized spacial score (nSPS) is 10.1. The first-order valence-corrected chi connectivity index (χ1v) is 6.22. The van der Waals surface area contributed by atoms with Crippen molar-refractivity contribution in [2.75, 3.05) is 5.32 Å². The lowest BCUT2D eigenvalue weighted by Gasteiger charge is -2.06. The Bertz CT molecular complexity index is 579. The minimum absolute atomic E-state index is 0.190. The van der Waals surface area contributed by atoms with Crippen molar-refractivity contribution in [3.8, 4) is 5.75 Å². The molecule has 2 rings (SSSR count). The minimum atomic E-state index is -0.194. The lowest BCUT2D eigenvalue weighted by molar-refractivity contribution is 0.102. The maximum atomic E-state index is 12.0. The van der Waals surface area contributed by atoms with Crippen LogP contribution in [-0.4, -0.2) is 11.0 Å². The van der Waals surface area contributed by atoms with Crippen LogP contribution in [0.25, 0.3) is 0 Å². The number of aryl methyl sites for hydroxylation is 1. The Morgan fingerprint density at radius 3 is 2.44 bits per heavy atom. The van der Waals surface area contributed by atoms with Gasteiger partial charge in [-0.3, -0.25) is 4.79 Å². The molecule has 4 heteroatoms. The van der Waals surface area contributed by atoms with E-state index in [2.05, 4.69) is 21.2 Å². The number of carbonyl (C=O) groups is 1. The Balaban J connectivity index is 2.16. The number of hydrogen-bond acceptors (Lipinski definition) is 2. The third kappa shape index (κ3) is 2.90. The fourth-order valence-corrected chi connectivity index (χ4v) is 1.80. The number of nitrogens with one attached hydrogen (secondary N) is 1. The van der Waals surface area contributed by atoms with Crippen molar-refractivity contribution in [3.63, 3.8) is 0 Å². The van der Waals surface area contributed by atoms with Gasteiger partial charge in [-0.1, -0.05) is 15.9 Å². The summed E-state index contributed by atoms with van der Waals surface area (Å²) in [4.78, 5) is 12.0. The zero-order valence-corrected chi connectivity index (χ0v) is 11.4. The largest absolute Gasteiger partial charge is 0.508 e. The predicted octanol–water partition coefficient (Wildman–Crippen LogP) is 3.72. The molecule has 0 aliphatic carbocycles. The molecule has 0 heterocycles. The highest BCUT2D eigenvalue weighted by atomic mass is 79.9. The standard InChI is InChI=1S/C14H12BrNO2/c1-9-8-10(2-7-13(9)17)14(18)16-12-5-3-11(15)4-6-12/h2-8,17H,1H3,(H,16,18). The van der Waals surface area contributed by atoms with Crippen LogP contribution < -0.4 is 5.32 Å². The Morgan fingerprint density at radius 1 is 1.17 bits per heavy atom. The Hall–Kier alpha value is -1.81. The maximum absolute atomic E-state index is 12.0. The van der Waals surface area contributed by atoms with E-state index in [0.717, 1.165) is 10.2 Å². The summed E-state index contributed by atoms with van der Waals surface area (Å²) in [6.45, 7) is 1.76. The number of anilines is 1.